The third-order valence-corrected chi connectivity index (χ3v) is 4.16. The highest BCUT2D eigenvalue weighted by atomic mass is 32.2. The minimum Gasteiger partial charge on any atom is -0.481 e. The molecular weight excluding hydrogens is 301 g/mol. The maximum atomic E-state index is 12.7. The van der Waals surface area contributed by atoms with Crippen LogP contribution in [0, 0.1) is 5.82 Å². The maximum absolute atomic E-state index is 12.7. The van der Waals surface area contributed by atoms with Crippen molar-refractivity contribution in [2.75, 3.05) is 23.8 Å². The molecule has 0 fully saturated rings. The van der Waals surface area contributed by atoms with Gasteiger partial charge in [-0.15, -0.1) is 23.5 Å². The molecule has 1 amide bonds. The summed E-state index contributed by atoms with van der Waals surface area (Å²) in [5, 5.41) is 11.2. The average Bonchev–Trinajstić information content (AvgIpc) is 2.40. The molecule has 0 bridgehead atoms. The molecule has 20 heavy (non-hydrogen) atoms. The van der Waals surface area contributed by atoms with E-state index < -0.39 is 5.97 Å². The number of carbonyl (C=O) groups is 2. The number of hydrogen-bond donors (Lipinski definition) is 2. The molecule has 0 saturated heterocycles. The molecule has 1 aromatic carbocycles. The zero-order chi connectivity index (χ0) is 14.8. The van der Waals surface area contributed by atoms with E-state index >= 15 is 0 Å². The van der Waals surface area contributed by atoms with Gasteiger partial charge < -0.3 is 10.4 Å². The molecule has 0 aliphatic heterocycles. The molecule has 0 unspecified atom stereocenters. The number of halogens is 1. The maximum Gasteiger partial charge on any atom is 0.313 e. The van der Waals surface area contributed by atoms with E-state index in [-0.39, 0.29) is 17.5 Å². The predicted molar refractivity (Wildman–Crippen MR) is 79.7 cm³/mol. The second-order valence-electron chi connectivity index (χ2n) is 3.85. The van der Waals surface area contributed by atoms with Crippen LogP contribution in [0.15, 0.2) is 29.2 Å². The van der Waals surface area contributed by atoms with E-state index in [1.54, 1.807) is 12.1 Å². The summed E-state index contributed by atoms with van der Waals surface area (Å²) in [6, 6.07) is 6.14. The summed E-state index contributed by atoms with van der Waals surface area (Å²) in [6.07, 6.45) is 0.381. The Bertz CT molecular complexity index is 440. The second-order valence-corrected chi connectivity index (χ2v) is 6.12. The normalized spacial score (nSPS) is 10.2. The Morgan fingerprint density at radius 3 is 2.55 bits per heavy atom. The van der Waals surface area contributed by atoms with Crippen LogP contribution >= 0.6 is 23.5 Å². The van der Waals surface area contributed by atoms with Crippen LogP contribution in [0.4, 0.5) is 4.39 Å². The molecule has 0 aliphatic rings. The second kappa shape index (κ2) is 9.66. The van der Waals surface area contributed by atoms with Crippen LogP contribution in [0.1, 0.15) is 6.42 Å². The van der Waals surface area contributed by atoms with Crippen molar-refractivity contribution >= 4 is 35.4 Å². The summed E-state index contributed by atoms with van der Waals surface area (Å²) in [5.74, 6) is 0.0811. The molecule has 1 aromatic rings. The van der Waals surface area contributed by atoms with Crippen LogP contribution in [-0.2, 0) is 9.59 Å². The van der Waals surface area contributed by atoms with E-state index in [1.807, 2.05) is 0 Å². The van der Waals surface area contributed by atoms with Gasteiger partial charge in [0.25, 0.3) is 0 Å². The van der Waals surface area contributed by atoms with Crippen molar-refractivity contribution in [1.29, 1.82) is 0 Å². The zero-order valence-corrected chi connectivity index (χ0v) is 12.4. The third kappa shape index (κ3) is 8.06. The van der Waals surface area contributed by atoms with E-state index in [1.165, 1.54) is 35.7 Å². The Hall–Kier alpha value is -1.21. The van der Waals surface area contributed by atoms with Crippen LogP contribution in [0.5, 0.6) is 0 Å². The van der Waals surface area contributed by atoms with Gasteiger partial charge in [0.2, 0.25) is 5.91 Å². The first kappa shape index (κ1) is 16.8. The number of rotatable bonds is 9. The fourth-order valence-electron chi connectivity index (χ4n) is 1.30. The van der Waals surface area contributed by atoms with E-state index in [4.69, 9.17) is 5.11 Å². The predicted octanol–water partition coefficient (Wildman–Crippen LogP) is 2.24. The highest BCUT2D eigenvalue weighted by molar-refractivity contribution is 8.00. The number of thioether (sulfide) groups is 2. The van der Waals surface area contributed by atoms with Crippen molar-refractivity contribution in [3.8, 4) is 0 Å². The quantitative estimate of drug-likeness (QED) is 0.540. The molecule has 1 rings (SSSR count). The number of aliphatic carboxylic acids is 1. The Morgan fingerprint density at radius 1 is 1.20 bits per heavy atom. The molecule has 0 radical (unpaired) electrons. The molecule has 0 saturated carbocycles. The fraction of sp³-hybridized carbons (Fsp3) is 0.385. The lowest BCUT2D eigenvalue weighted by Gasteiger charge is -2.04. The summed E-state index contributed by atoms with van der Waals surface area (Å²) in [4.78, 5) is 22.7. The first-order valence-electron chi connectivity index (χ1n) is 6.02. The van der Waals surface area contributed by atoms with Crippen LogP contribution in [0.2, 0.25) is 0 Å². The van der Waals surface area contributed by atoms with Gasteiger partial charge in [0, 0.05) is 29.4 Å². The minimum absolute atomic E-state index is 0.0519. The summed E-state index contributed by atoms with van der Waals surface area (Å²) < 4.78 is 12.7. The van der Waals surface area contributed by atoms with Crippen LogP contribution in [-0.4, -0.2) is 40.8 Å². The number of benzene rings is 1. The van der Waals surface area contributed by atoms with Crippen molar-refractivity contribution in [2.45, 2.75) is 11.3 Å². The first-order chi connectivity index (χ1) is 9.58. The van der Waals surface area contributed by atoms with Gasteiger partial charge >= 0.3 is 5.97 Å². The SMILES string of the molecule is O=C(O)CSCCNC(=O)CCSc1ccc(F)cc1. The number of carboxylic acids is 1. The number of carbonyl (C=O) groups excluding carboxylic acids is 1. The van der Waals surface area contributed by atoms with Gasteiger partial charge in [-0.3, -0.25) is 9.59 Å². The molecule has 0 aliphatic carbocycles. The largest absolute Gasteiger partial charge is 0.481 e. The number of carboxylic acid groups (broad SMARTS) is 1. The lowest BCUT2D eigenvalue weighted by Crippen LogP contribution is -2.26. The molecule has 7 heteroatoms. The monoisotopic (exact) mass is 317 g/mol. The van der Waals surface area contributed by atoms with E-state index in [0.29, 0.717) is 24.5 Å². The van der Waals surface area contributed by atoms with Crippen molar-refractivity contribution < 1.29 is 19.1 Å². The van der Waals surface area contributed by atoms with E-state index in [0.717, 1.165) is 4.90 Å². The number of hydrogen-bond acceptors (Lipinski definition) is 4. The minimum atomic E-state index is -0.850. The molecule has 4 nitrogen and oxygen atoms in total. The van der Waals surface area contributed by atoms with Crippen molar-refractivity contribution in [3.05, 3.63) is 30.1 Å². The van der Waals surface area contributed by atoms with Crippen molar-refractivity contribution in [2.24, 2.45) is 0 Å². The lowest BCUT2D eigenvalue weighted by atomic mass is 10.4. The molecule has 0 atom stereocenters. The number of amides is 1. The van der Waals surface area contributed by atoms with Gasteiger partial charge in [-0.25, -0.2) is 4.39 Å². The smallest absolute Gasteiger partial charge is 0.313 e. The third-order valence-electron chi connectivity index (χ3n) is 2.21. The number of nitrogens with one attached hydrogen (secondary N) is 1. The molecule has 0 aromatic heterocycles. The standard InChI is InChI=1S/C13H16FNO3S2/c14-10-1-3-11(4-2-10)20-7-5-12(16)15-6-8-19-9-13(17)18/h1-4H,5-9H2,(H,15,16)(H,17,18). The van der Waals surface area contributed by atoms with Crippen LogP contribution in [0.3, 0.4) is 0 Å². The average molecular weight is 317 g/mol. The fourth-order valence-corrected chi connectivity index (χ4v) is 2.72. The Kier molecular flexibility index (Phi) is 8.13. The van der Waals surface area contributed by atoms with Gasteiger partial charge in [0.05, 0.1) is 5.75 Å². The first-order valence-corrected chi connectivity index (χ1v) is 8.16. The van der Waals surface area contributed by atoms with Gasteiger partial charge in [0.15, 0.2) is 0 Å². The van der Waals surface area contributed by atoms with Gasteiger partial charge in [-0.2, -0.15) is 0 Å². The molecular formula is C13H16FNO3S2. The molecule has 0 heterocycles. The van der Waals surface area contributed by atoms with E-state index in [2.05, 4.69) is 5.32 Å². The van der Waals surface area contributed by atoms with Crippen LogP contribution in [0.25, 0.3) is 0 Å². The highest BCUT2D eigenvalue weighted by Crippen LogP contribution is 2.18. The topological polar surface area (TPSA) is 66.4 Å². The van der Waals surface area contributed by atoms with Crippen molar-refractivity contribution in [3.63, 3.8) is 0 Å². The summed E-state index contributed by atoms with van der Waals surface area (Å²) in [6.45, 7) is 0.470. The molecule has 110 valence electrons. The molecule has 2 N–H and O–H groups in total. The van der Waals surface area contributed by atoms with Crippen molar-refractivity contribution in [1.82, 2.24) is 5.32 Å². The van der Waals surface area contributed by atoms with Crippen LogP contribution < -0.4 is 5.32 Å². The summed E-state index contributed by atoms with van der Waals surface area (Å²) in [7, 11) is 0. The zero-order valence-electron chi connectivity index (χ0n) is 10.8. The summed E-state index contributed by atoms with van der Waals surface area (Å²) >= 11 is 2.77. The highest BCUT2D eigenvalue weighted by Gasteiger charge is 2.02. The van der Waals surface area contributed by atoms with Gasteiger partial charge in [-0.05, 0) is 24.3 Å². The molecule has 0 spiro atoms. The van der Waals surface area contributed by atoms with Gasteiger partial charge in [0.1, 0.15) is 5.82 Å². The Labute approximate surface area is 125 Å². The van der Waals surface area contributed by atoms with Gasteiger partial charge in [-0.1, -0.05) is 0 Å². The Balaban J connectivity index is 2.05. The summed E-state index contributed by atoms with van der Waals surface area (Å²) in [5.41, 5.74) is 0. The lowest BCUT2D eigenvalue weighted by molar-refractivity contribution is -0.133. The Morgan fingerprint density at radius 2 is 1.90 bits per heavy atom. The van der Waals surface area contributed by atoms with E-state index in [9.17, 15) is 14.0 Å².